The number of H-pyrrole nitrogens is 2. The van der Waals surface area contributed by atoms with Crippen LogP contribution in [0.1, 0.15) is 24.3 Å². The summed E-state index contributed by atoms with van der Waals surface area (Å²) in [5.74, 6) is 0.598. The van der Waals surface area contributed by atoms with Gasteiger partial charge in [-0.15, -0.1) is 0 Å². The highest BCUT2D eigenvalue weighted by Crippen LogP contribution is 2.43. The fourth-order valence-corrected chi connectivity index (χ4v) is 3.70. The van der Waals surface area contributed by atoms with E-state index < -0.39 is 0 Å². The predicted octanol–water partition coefficient (Wildman–Crippen LogP) is 2.99. The summed E-state index contributed by atoms with van der Waals surface area (Å²) in [6.07, 6.45) is 3.61. The minimum atomic E-state index is -0.255. The quantitative estimate of drug-likeness (QED) is 0.509. The largest absolute Gasteiger partial charge is 0.369 e. The van der Waals surface area contributed by atoms with Gasteiger partial charge < -0.3 is 5.73 Å². The Kier molecular flexibility index (Phi) is 3.53. The number of hydrogen-bond acceptors (Lipinski definition) is 4. The van der Waals surface area contributed by atoms with Crippen LogP contribution in [0.2, 0.25) is 0 Å². The van der Waals surface area contributed by atoms with Gasteiger partial charge in [-0.3, -0.25) is 15.0 Å². The zero-order chi connectivity index (χ0) is 18.4. The van der Waals surface area contributed by atoms with Crippen molar-refractivity contribution >= 4 is 16.8 Å². The summed E-state index contributed by atoms with van der Waals surface area (Å²) in [4.78, 5) is 16.2. The molecule has 1 atom stereocenters. The van der Waals surface area contributed by atoms with E-state index in [-0.39, 0.29) is 11.8 Å². The third-order valence-electron chi connectivity index (χ3n) is 5.17. The molecule has 0 radical (unpaired) electrons. The van der Waals surface area contributed by atoms with Crippen LogP contribution in [-0.2, 0) is 4.79 Å². The van der Waals surface area contributed by atoms with Gasteiger partial charge in [0.15, 0.2) is 5.82 Å². The average Bonchev–Trinajstić information content (AvgIpc) is 3.19. The van der Waals surface area contributed by atoms with Gasteiger partial charge in [-0.25, -0.2) is 4.98 Å². The Labute approximate surface area is 155 Å². The van der Waals surface area contributed by atoms with E-state index in [2.05, 4.69) is 25.4 Å². The lowest BCUT2D eigenvalue weighted by Gasteiger charge is -2.13. The van der Waals surface area contributed by atoms with E-state index in [9.17, 15) is 4.79 Å². The van der Waals surface area contributed by atoms with Gasteiger partial charge in [-0.05, 0) is 48.6 Å². The molecule has 2 aromatic carbocycles. The number of rotatable bonds is 5. The van der Waals surface area contributed by atoms with Crippen molar-refractivity contribution in [3.8, 4) is 22.6 Å². The molecule has 1 saturated carbocycles. The molecule has 2 heterocycles. The molecule has 2 aromatic heterocycles. The molecule has 0 aliphatic heterocycles. The van der Waals surface area contributed by atoms with Crippen LogP contribution in [-0.4, -0.2) is 31.3 Å². The molecule has 1 aliphatic carbocycles. The van der Waals surface area contributed by atoms with Crippen LogP contribution in [0, 0.1) is 5.92 Å². The van der Waals surface area contributed by atoms with Gasteiger partial charge in [-0.2, -0.15) is 10.2 Å². The van der Waals surface area contributed by atoms with E-state index in [0.717, 1.165) is 46.1 Å². The van der Waals surface area contributed by atoms with Crippen molar-refractivity contribution in [3.05, 3.63) is 54.4 Å². The summed E-state index contributed by atoms with van der Waals surface area (Å²) >= 11 is 0. The van der Waals surface area contributed by atoms with Crippen LogP contribution >= 0.6 is 0 Å². The van der Waals surface area contributed by atoms with E-state index in [1.54, 1.807) is 0 Å². The molecule has 134 valence electrons. The number of amides is 1. The van der Waals surface area contributed by atoms with Crippen molar-refractivity contribution in [3.63, 3.8) is 0 Å². The van der Waals surface area contributed by atoms with E-state index in [1.165, 1.54) is 6.33 Å². The fraction of sp³-hybridized carbons (Fsp3) is 0.200. The number of benzene rings is 2. The molecule has 0 spiro atoms. The smallest absolute Gasteiger partial charge is 0.225 e. The first-order valence-electron chi connectivity index (χ1n) is 8.94. The number of carbonyl (C=O) groups is 1. The molecule has 1 fully saturated rings. The van der Waals surface area contributed by atoms with Crippen molar-refractivity contribution in [2.24, 2.45) is 11.7 Å². The molecule has 0 saturated heterocycles. The zero-order valence-electron chi connectivity index (χ0n) is 14.5. The van der Waals surface area contributed by atoms with E-state index in [4.69, 9.17) is 5.73 Å². The fourth-order valence-electron chi connectivity index (χ4n) is 3.70. The second-order valence-corrected chi connectivity index (χ2v) is 7.01. The van der Waals surface area contributed by atoms with Crippen molar-refractivity contribution in [2.75, 3.05) is 0 Å². The van der Waals surface area contributed by atoms with E-state index in [0.29, 0.717) is 11.7 Å². The highest BCUT2D eigenvalue weighted by Gasteiger charge is 2.36. The lowest BCUT2D eigenvalue weighted by Crippen LogP contribution is -2.23. The molecule has 27 heavy (non-hydrogen) atoms. The number of aromatic amines is 2. The highest BCUT2D eigenvalue weighted by molar-refractivity contribution is 5.95. The molecule has 1 aliphatic rings. The van der Waals surface area contributed by atoms with Crippen LogP contribution in [0.15, 0.2) is 48.8 Å². The number of nitrogens with one attached hydrogen (secondary N) is 2. The van der Waals surface area contributed by atoms with Crippen molar-refractivity contribution in [1.82, 2.24) is 25.4 Å². The second-order valence-electron chi connectivity index (χ2n) is 7.01. The third-order valence-corrected chi connectivity index (χ3v) is 5.17. The molecule has 0 bridgehead atoms. The first-order valence-corrected chi connectivity index (χ1v) is 8.94. The summed E-state index contributed by atoms with van der Waals surface area (Å²) in [5, 5.41) is 15.4. The molecular formula is C20H18N6O. The summed E-state index contributed by atoms with van der Waals surface area (Å²) < 4.78 is 0. The van der Waals surface area contributed by atoms with Gasteiger partial charge in [0.2, 0.25) is 5.91 Å². The maximum atomic E-state index is 12.0. The van der Waals surface area contributed by atoms with Crippen LogP contribution in [0.25, 0.3) is 33.5 Å². The second kappa shape index (κ2) is 6.05. The number of aromatic nitrogens is 5. The SMILES string of the molecule is NC(=O)C(c1cccc(-c2n[nH]c3ccc(-c4ncn[nH]4)cc23)c1)C1CC1. The minimum absolute atomic E-state index is 0.222. The maximum absolute atomic E-state index is 12.0. The Morgan fingerprint density at radius 3 is 2.74 bits per heavy atom. The topological polar surface area (TPSA) is 113 Å². The molecule has 4 aromatic rings. The van der Waals surface area contributed by atoms with Crippen LogP contribution in [0.4, 0.5) is 0 Å². The van der Waals surface area contributed by atoms with Gasteiger partial charge in [0.05, 0.1) is 17.1 Å². The molecular weight excluding hydrogens is 340 g/mol. The molecule has 7 nitrogen and oxygen atoms in total. The number of hydrogen-bond donors (Lipinski definition) is 3. The van der Waals surface area contributed by atoms with Crippen LogP contribution in [0.3, 0.4) is 0 Å². The first kappa shape index (κ1) is 15.7. The van der Waals surface area contributed by atoms with Gasteiger partial charge in [-0.1, -0.05) is 18.2 Å². The van der Waals surface area contributed by atoms with Gasteiger partial charge in [0, 0.05) is 16.5 Å². The summed E-state index contributed by atoms with van der Waals surface area (Å²) in [6.45, 7) is 0. The van der Waals surface area contributed by atoms with Crippen LogP contribution in [0.5, 0.6) is 0 Å². The normalized spacial score (nSPS) is 15.1. The van der Waals surface area contributed by atoms with Gasteiger partial charge >= 0.3 is 0 Å². The Morgan fingerprint density at radius 2 is 2.00 bits per heavy atom. The van der Waals surface area contributed by atoms with Crippen LogP contribution < -0.4 is 5.73 Å². The zero-order valence-corrected chi connectivity index (χ0v) is 14.5. The molecule has 4 N–H and O–H groups in total. The molecule has 5 rings (SSSR count). The summed E-state index contributed by atoms with van der Waals surface area (Å²) in [5.41, 5.74) is 10.3. The van der Waals surface area contributed by atoms with E-state index >= 15 is 0 Å². The van der Waals surface area contributed by atoms with Crippen molar-refractivity contribution in [1.29, 1.82) is 0 Å². The van der Waals surface area contributed by atoms with Crippen molar-refractivity contribution in [2.45, 2.75) is 18.8 Å². The predicted molar refractivity (Wildman–Crippen MR) is 102 cm³/mol. The Morgan fingerprint density at radius 1 is 1.11 bits per heavy atom. The van der Waals surface area contributed by atoms with E-state index in [1.807, 2.05) is 42.5 Å². The van der Waals surface area contributed by atoms with Crippen molar-refractivity contribution < 1.29 is 4.79 Å². The monoisotopic (exact) mass is 358 g/mol. The van der Waals surface area contributed by atoms with Gasteiger partial charge in [0.25, 0.3) is 0 Å². The number of nitrogens with two attached hydrogens (primary N) is 1. The highest BCUT2D eigenvalue weighted by atomic mass is 16.1. The molecule has 1 amide bonds. The number of nitrogens with zero attached hydrogens (tertiary/aromatic N) is 3. The summed E-state index contributed by atoms with van der Waals surface area (Å²) in [6, 6.07) is 14.0. The lowest BCUT2D eigenvalue weighted by atomic mass is 9.91. The minimum Gasteiger partial charge on any atom is -0.369 e. The Bertz CT molecular complexity index is 1130. The number of carbonyl (C=O) groups excluding carboxylic acids is 1. The molecule has 7 heteroatoms. The summed E-state index contributed by atoms with van der Waals surface area (Å²) in [7, 11) is 0. The number of fused-ring (bicyclic) bond motifs is 1. The van der Waals surface area contributed by atoms with Gasteiger partial charge in [0.1, 0.15) is 6.33 Å². The lowest BCUT2D eigenvalue weighted by molar-refractivity contribution is -0.119. The Balaban J connectivity index is 1.60. The third kappa shape index (κ3) is 2.77. The Hall–Kier alpha value is -3.48. The average molecular weight is 358 g/mol. The maximum Gasteiger partial charge on any atom is 0.225 e. The number of primary amides is 1. The molecule has 1 unspecified atom stereocenters. The first-order chi connectivity index (χ1) is 13.2. The standard InChI is InChI=1S/C20H18N6O/c21-19(27)17(11-4-5-11)12-2-1-3-13(8-12)18-15-9-14(20-22-10-23-26-20)6-7-16(15)24-25-18/h1-3,6-11,17H,4-5H2,(H2,21,27)(H,24,25)(H,22,23,26).